The van der Waals surface area contributed by atoms with Gasteiger partial charge in [-0.05, 0) is 37.4 Å². The third kappa shape index (κ3) is 2.28. The van der Waals surface area contributed by atoms with E-state index in [0.29, 0.717) is 0 Å². The lowest BCUT2D eigenvalue weighted by Crippen LogP contribution is -2.18. The minimum atomic E-state index is 0.263. The number of nitrogens with zero attached hydrogens (tertiary/aromatic N) is 2. The van der Waals surface area contributed by atoms with E-state index in [0.717, 1.165) is 6.42 Å². The molecule has 0 aliphatic rings. The Morgan fingerprint density at radius 1 is 1.53 bits per heavy atom. The Kier molecular flexibility index (Phi) is 3.64. The van der Waals surface area contributed by atoms with E-state index in [4.69, 9.17) is 0 Å². The van der Waals surface area contributed by atoms with Crippen LogP contribution in [0.25, 0.3) is 0 Å². The third-order valence-electron chi connectivity index (χ3n) is 3.04. The van der Waals surface area contributed by atoms with Gasteiger partial charge < -0.3 is 5.32 Å². The van der Waals surface area contributed by atoms with Gasteiger partial charge in [0.05, 0.1) is 11.7 Å². The van der Waals surface area contributed by atoms with Crippen molar-refractivity contribution in [3.05, 3.63) is 39.3 Å². The summed E-state index contributed by atoms with van der Waals surface area (Å²) in [6.45, 7) is 4.32. The van der Waals surface area contributed by atoms with Crippen molar-refractivity contribution in [2.24, 2.45) is 7.05 Å². The molecule has 2 aromatic rings. The molecule has 17 heavy (non-hydrogen) atoms. The maximum Gasteiger partial charge on any atom is 0.0705 e. The molecule has 0 bridgehead atoms. The molecule has 2 heterocycles. The first-order chi connectivity index (χ1) is 8.17. The number of aromatic nitrogens is 2. The second-order valence-corrected chi connectivity index (χ2v) is 5.20. The van der Waals surface area contributed by atoms with Crippen LogP contribution in [0.5, 0.6) is 0 Å². The third-order valence-corrected chi connectivity index (χ3v) is 4.12. The van der Waals surface area contributed by atoms with Crippen molar-refractivity contribution in [2.45, 2.75) is 26.3 Å². The van der Waals surface area contributed by atoms with Crippen LogP contribution in [-0.2, 0) is 13.5 Å². The molecule has 1 N–H and O–H groups in total. The molecular formula is C13H19N3S. The number of hydrogen-bond acceptors (Lipinski definition) is 3. The van der Waals surface area contributed by atoms with E-state index < -0.39 is 0 Å². The van der Waals surface area contributed by atoms with E-state index in [1.807, 2.05) is 18.8 Å². The summed E-state index contributed by atoms with van der Waals surface area (Å²) in [5, 5.41) is 10.1. The van der Waals surface area contributed by atoms with Crippen LogP contribution >= 0.6 is 11.3 Å². The van der Waals surface area contributed by atoms with E-state index in [1.165, 1.54) is 21.7 Å². The maximum absolute atomic E-state index is 4.52. The Hall–Kier alpha value is -1.13. The first kappa shape index (κ1) is 12.3. The molecule has 1 unspecified atom stereocenters. The molecule has 2 rings (SSSR count). The fourth-order valence-electron chi connectivity index (χ4n) is 2.18. The lowest BCUT2D eigenvalue weighted by atomic mass is 10.0. The van der Waals surface area contributed by atoms with Crippen LogP contribution in [0, 0.1) is 6.92 Å². The van der Waals surface area contributed by atoms with Crippen LogP contribution in [0.15, 0.2) is 17.6 Å². The molecule has 0 saturated carbocycles. The summed E-state index contributed by atoms with van der Waals surface area (Å²) in [5.41, 5.74) is 3.82. The van der Waals surface area contributed by atoms with E-state index in [1.54, 1.807) is 11.3 Å². The van der Waals surface area contributed by atoms with Gasteiger partial charge in [0.1, 0.15) is 0 Å². The molecule has 0 fully saturated rings. The van der Waals surface area contributed by atoms with Crippen LogP contribution in [0.3, 0.4) is 0 Å². The average molecular weight is 249 g/mol. The molecule has 0 spiro atoms. The highest BCUT2D eigenvalue weighted by molar-refractivity contribution is 7.10. The van der Waals surface area contributed by atoms with E-state index in [2.05, 4.69) is 41.9 Å². The zero-order valence-corrected chi connectivity index (χ0v) is 11.6. The quantitative estimate of drug-likeness (QED) is 0.903. The van der Waals surface area contributed by atoms with Crippen LogP contribution in [0.4, 0.5) is 0 Å². The summed E-state index contributed by atoms with van der Waals surface area (Å²) < 4.78 is 1.90. The summed E-state index contributed by atoms with van der Waals surface area (Å²) in [5.74, 6) is 0. The first-order valence-corrected chi connectivity index (χ1v) is 6.79. The van der Waals surface area contributed by atoms with E-state index >= 15 is 0 Å². The first-order valence-electron chi connectivity index (χ1n) is 5.91. The highest BCUT2D eigenvalue weighted by atomic mass is 32.1. The summed E-state index contributed by atoms with van der Waals surface area (Å²) in [6.07, 6.45) is 3.10. The van der Waals surface area contributed by atoms with Gasteiger partial charge in [-0.3, -0.25) is 4.68 Å². The average Bonchev–Trinajstić information content (AvgIpc) is 2.88. The van der Waals surface area contributed by atoms with Gasteiger partial charge in [0.2, 0.25) is 0 Å². The van der Waals surface area contributed by atoms with Gasteiger partial charge in [-0.2, -0.15) is 5.10 Å². The zero-order valence-electron chi connectivity index (χ0n) is 10.8. The van der Waals surface area contributed by atoms with Gasteiger partial charge in [-0.25, -0.2) is 0 Å². The molecule has 92 valence electrons. The number of thiophene rings is 1. The van der Waals surface area contributed by atoms with Crippen LogP contribution in [0.2, 0.25) is 0 Å². The second-order valence-electron chi connectivity index (χ2n) is 4.25. The normalized spacial score (nSPS) is 12.9. The van der Waals surface area contributed by atoms with Crippen molar-refractivity contribution in [1.82, 2.24) is 15.1 Å². The van der Waals surface area contributed by atoms with E-state index in [9.17, 15) is 0 Å². The summed E-state index contributed by atoms with van der Waals surface area (Å²) in [6, 6.07) is 2.44. The Bertz CT molecular complexity index is 498. The van der Waals surface area contributed by atoms with Crippen molar-refractivity contribution < 1.29 is 0 Å². The molecule has 0 aliphatic carbocycles. The molecule has 0 aliphatic heterocycles. The lowest BCUT2D eigenvalue weighted by Gasteiger charge is -2.15. The van der Waals surface area contributed by atoms with Crippen molar-refractivity contribution >= 4 is 11.3 Å². The minimum Gasteiger partial charge on any atom is -0.309 e. The van der Waals surface area contributed by atoms with Crippen LogP contribution in [0.1, 0.15) is 34.7 Å². The highest BCUT2D eigenvalue weighted by Crippen LogP contribution is 2.30. The van der Waals surface area contributed by atoms with Gasteiger partial charge in [0.15, 0.2) is 0 Å². The number of nitrogens with one attached hydrogen (secondary N) is 1. The molecule has 1 atom stereocenters. The second kappa shape index (κ2) is 5.02. The number of hydrogen-bond donors (Lipinski definition) is 1. The van der Waals surface area contributed by atoms with Crippen LogP contribution in [-0.4, -0.2) is 16.8 Å². The largest absolute Gasteiger partial charge is 0.309 e. The van der Waals surface area contributed by atoms with Gasteiger partial charge >= 0.3 is 0 Å². The lowest BCUT2D eigenvalue weighted by molar-refractivity contribution is 0.692. The fraction of sp³-hybridized carbons (Fsp3) is 0.462. The molecular weight excluding hydrogens is 230 g/mol. The van der Waals surface area contributed by atoms with Crippen molar-refractivity contribution in [3.63, 3.8) is 0 Å². The van der Waals surface area contributed by atoms with Crippen molar-refractivity contribution in [2.75, 3.05) is 7.05 Å². The zero-order chi connectivity index (χ0) is 12.4. The van der Waals surface area contributed by atoms with Gasteiger partial charge in [0.25, 0.3) is 0 Å². The van der Waals surface area contributed by atoms with E-state index in [-0.39, 0.29) is 6.04 Å². The topological polar surface area (TPSA) is 29.9 Å². The fourth-order valence-corrected chi connectivity index (χ4v) is 3.23. The number of aryl methyl sites for hydroxylation is 3. The molecule has 0 amide bonds. The molecule has 0 saturated heterocycles. The summed E-state index contributed by atoms with van der Waals surface area (Å²) in [7, 11) is 3.99. The van der Waals surface area contributed by atoms with Crippen molar-refractivity contribution in [1.29, 1.82) is 0 Å². The minimum absolute atomic E-state index is 0.263. The summed E-state index contributed by atoms with van der Waals surface area (Å²) in [4.78, 5) is 1.38. The highest BCUT2D eigenvalue weighted by Gasteiger charge is 2.20. The van der Waals surface area contributed by atoms with Gasteiger partial charge in [-0.15, -0.1) is 11.3 Å². The molecule has 2 aromatic heterocycles. The Labute approximate surface area is 106 Å². The standard InChI is InChI=1S/C13H19N3S/c1-5-11-10(8-16(4)15-11)12(14-3)13-9(2)6-7-17-13/h6-8,12,14H,5H2,1-4H3. The van der Waals surface area contributed by atoms with Gasteiger partial charge in [-0.1, -0.05) is 6.92 Å². The SMILES string of the molecule is CCc1nn(C)cc1C(NC)c1sccc1C. The smallest absolute Gasteiger partial charge is 0.0705 e. The Morgan fingerprint density at radius 3 is 2.82 bits per heavy atom. The monoisotopic (exact) mass is 249 g/mol. The Balaban J connectivity index is 2.45. The predicted octanol–water partition coefficient (Wildman–Crippen LogP) is 2.66. The molecule has 3 nitrogen and oxygen atoms in total. The van der Waals surface area contributed by atoms with Gasteiger partial charge in [0, 0.05) is 23.7 Å². The summed E-state index contributed by atoms with van der Waals surface area (Å²) >= 11 is 1.81. The van der Waals surface area contributed by atoms with Crippen LogP contribution < -0.4 is 5.32 Å². The van der Waals surface area contributed by atoms with Crippen molar-refractivity contribution in [3.8, 4) is 0 Å². The molecule has 4 heteroatoms. The number of rotatable bonds is 4. The predicted molar refractivity (Wildman–Crippen MR) is 72.5 cm³/mol. The molecule has 0 aromatic carbocycles. The maximum atomic E-state index is 4.52. The molecule has 0 radical (unpaired) electrons. The Morgan fingerprint density at radius 2 is 2.29 bits per heavy atom.